The van der Waals surface area contributed by atoms with Crippen molar-refractivity contribution in [2.24, 2.45) is 5.92 Å². The number of imide groups is 1. The number of fused-ring (bicyclic) bond motifs is 3. The van der Waals surface area contributed by atoms with Gasteiger partial charge in [0.15, 0.2) is 6.10 Å². The van der Waals surface area contributed by atoms with E-state index in [1.165, 1.54) is 17.5 Å². The van der Waals surface area contributed by atoms with Crippen LogP contribution in [0.4, 0.5) is 0 Å². The zero-order valence-electron chi connectivity index (χ0n) is 11.1. The van der Waals surface area contributed by atoms with E-state index in [0.29, 0.717) is 0 Å². The molecule has 0 aromatic heterocycles. The van der Waals surface area contributed by atoms with E-state index in [4.69, 9.17) is 4.74 Å². The standard InChI is InChI=1S/C13H18N2O3/c1-7-5-13(2)10(14(3)6-7)8-9(18-13)12(17)15(4)11(8)16/h5,8-10H,6H2,1-4H3/t8-,9-,10-,13-/m0/s1. The molecule has 18 heavy (non-hydrogen) atoms. The third-order valence-corrected chi connectivity index (χ3v) is 4.33. The molecular weight excluding hydrogens is 232 g/mol. The molecule has 0 unspecified atom stereocenters. The molecule has 5 nitrogen and oxygen atoms in total. The highest BCUT2D eigenvalue weighted by Gasteiger charge is 2.64. The Morgan fingerprint density at radius 2 is 2.00 bits per heavy atom. The van der Waals surface area contributed by atoms with Gasteiger partial charge in [0.2, 0.25) is 5.91 Å². The Morgan fingerprint density at radius 1 is 1.33 bits per heavy atom. The molecule has 0 aliphatic carbocycles. The van der Waals surface area contributed by atoms with Crippen LogP contribution in [0.5, 0.6) is 0 Å². The third kappa shape index (κ3) is 1.29. The maximum Gasteiger partial charge on any atom is 0.258 e. The van der Waals surface area contributed by atoms with Crippen LogP contribution in [0.15, 0.2) is 11.6 Å². The van der Waals surface area contributed by atoms with Gasteiger partial charge in [0.05, 0.1) is 12.0 Å². The third-order valence-electron chi connectivity index (χ3n) is 4.33. The Morgan fingerprint density at radius 3 is 2.67 bits per heavy atom. The van der Waals surface area contributed by atoms with Crippen molar-refractivity contribution in [3.05, 3.63) is 11.6 Å². The number of ether oxygens (including phenoxy) is 1. The average Bonchev–Trinajstić information content (AvgIpc) is 2.67. The van der Waals surface area contributed by atoms with Gasteiger partial charge in [-0.3, -0.25) is 19.4 Å². The van der Waals surface area contributed by atoms with Gasteiger partial charge in [-0.1, -0.05) is 11.6 Å². The number of likely N-dealkylation sites (N-methyl/N-ethyl adjacent to an activating group) is 2. The van der Waals surface area contributed by atoms with Crippen LogP contribution >= 0.6 is 0 Å². The molecule has 0 aromatic rings. The second kappa shape index (κ2) is 3.42. The van der Waals surface area contributed by atoms with Gasteiger partial charge < -0.3 is 4.74 Å². The van der Waals surface area contributed by atoms with E-state index in [0.717, 1.165) is 6.54 Å². The van der Waals surface area contributed by atoms with Crippen molar-refractivity contribution in [2.45, 2.75) is 31.6 Å². The van der Waals surface area contributed by atoms with E-state index in [2.05, 4.69) is 11.0 Å². The van der Waals surface area contributed by atoms with Crippen LogP contribution in [0.25, 0.3) is 0 Å². The summed E-state index contributed by atoms with van der Waals surface area (Å²) in [4.78, 5) is 27.5. The number of likely N-dealkylation sites (tertiary alicyclic amines) is 1. The number of amides is 2. The van der Waals surface area contributed by atoms with Crippen LogP contribution < -0.4 is 0 Å². The highest BCUT2D eigenvalue weighted by atomic mass is 16.5. The van der Waals surface area contributed by atoms with Crippen LogP contribution in [0, 0.1) is 5.92 Å². The average molecular weight is 250 g/mol. The van der Waals surface area contributed by atoms with E-state index in [1.54, 1.807) is 0 Å². The van der Waals surface area contributed by atoms with Crippen molar-refractivity contribution < 1.29 is 14.3 Å². The summed E-state index contributed by atoms with van der Waals surface area (Å²) in [5.74, 6) is -0.680. The minimum absolute atomic E-state index is 0.0485. The minimum atomic E-state index is -0.609. The first kappa shape index (κ1) is 11.9. The Kier molecular flexibility index (Phi) is 2.26. The molecule has 3 heterocycles. The molecule has 0 saturated carbocycles. The molecule has 0 spiro atoms. The fourth-order valence-corrected chi connectivity index (χ4v) is 3.79. The smallest absolute Gasteiger partial charge is 0.258 e. The van der Waals surface area contributed by atoms with Crippen LogP contribution in [-0.2, 0) is 14.3 Å². The van der Waals surface area contributed by atoms with Crippen molar-refractivity contribution in [2.75, 3.05) is 20.6 Å². The van der Waals surface area contributed by atoms with Gasteiger partial charge in [-0.25, -0.2) is 0 Å². The fourth-order valence-electron chi connectivity index (χ4n) is 3.79. The second-order valence-corrected chi connectivity index (χ2v) is 5.83. The monoisotopic (exact) mass is 250 g/mol. The first-order valence-corrected chi connectivity index (χ1v) is 6.23. The molecule has 5 heteroatoms. The Labute approximate surface area is 106 Å². The van der Waals surface area contributed by atoms with E-state index >= 15 is 0 Å². The van der Waals surface area contributed by atoms with Gasteiger partial charge in [-0.2, -0.15) is 0 Å². The molecule has 0 radical (unpaired) electrons. The summed E-state index contributed by atoms with van der Waals surface area (Å²) in [5.41, 5.74) is 0.684. The van der Waals surface area contributed by atoms with Gasteiger partial charge in [0.1, 0.15) is 5.60 Å². The molecule has 0 N–H and O–H groups in total. The first-order chi connectivity index (χ1) is 8.35. The van der Waals surface area contributed by atoms with Gasteiger partial charge >= 0.3 is 0 Å². The second-order valence-electron chi connectivity index (χ2n) is 5.83. The molecule has 2 fully saturated rings. The number of nitrogens with zero attached hydrogens (tertiary/aromatic N) is 2. The van der Waals surface area contributed by atoms with Crippen LogP contribution in [-0.4, -0.2) is 60.0 Å². The van der Waals surface area contributed by atoms with Gasteiger partial charge in [-0.05, 0) is 20.9 Å². The summed E-state index contributed by atoms with van der Waals surface area (Å²) in [7, 11) is 3.52. The van der Waals surface area contributed by atoms with Crippen molar-refractivity contribution in [1.29, 1.82) is 0 Å². The molecule has 0 aromatic carbocycles. The summed E-state index contributed by atoms with van der Waals surface area (Å²) in [5, 5.41) is 0. The van der Waals surface area contributed by atoms with Gasteiger partial charge in [0, 0.05) is 13.6 Å². The van der Waals surface area contributed by atoms with Crippen molar-refractivity contribution >= 4 is 11.8 Å². The lowest BCUT2D eigenvalue weighted by Gasteiger charge is -2.41. The number of rotatable bonds is 0. The quantitative estimate of drug-likeness (QED) is 0.449. The Hall–Kier alpha value is -1.20. The minimum Gasteiger partial charge on any atom is -0.356 e. The first-order valence-electron chi connectivity index (χ1n) is 6.23. The molecule has 3 rings (SSSR count). The lowest BCUT2D eigenvalue weighted by molar-refractivity contribution is -0.145. The zero-order valence-corrected chi connectivity index (χ0v) is 11.1. The number of hydrogen-bond donors (Lipinski definition) is 0. The summed E-state index contributed by atoms with van der Waals surface area (Å²) >= 11 is 0. The zero-order chi connectivity index (χ0) is 13.2. The molecule has 98 valence electrons. The predicted octanol–water partition coefficient (Wildman–Crippen LogP) is 0.0190. The molecule has 2 saturated heterocycles. The molecule has 0 bridgehead atoms. The molecule has 3 aliphatic heterocycles. The highest BCUT2D eigenvalue weighted by Crippen LogP contribution is 2.46. The fraction of sp³-hybridized carbons (Fsp3) is 0.692. The summed E-state index contributed by atoms with van der Waals surface area (Å²) in [6.45, 7) is 4.83. The Balaban J connectivity index is 2.06. The van der Waals surface area contributed by atoms with Crippen LogP contribution in [0.2, 0.25) is 0 Å². The largest absolute Gasteiger partial charge is 0.356 e. The maximum atomic E-state index is 12.2. The van der Waals surface area contributed by atoms with Crippen molar-refractivity contribution in [3.8, 4) is 0 Å². The number of carbonyl (C=O) groups is 2. The van der Waals surface area contributed by atoms with Gasteiger partial charge in [0.25, 0.3) is 5.91 Å². The maximum absolute atomic E-state index is 12.2. The summed E-state index contributed by atoms with van der Waals surface area (Å²) in [6.07, 6.45) is 1.46. The lowest BCUT2D eigenvalue weighted by atomic mass is 9.82. The molecule has 3 aliphatic rings. The van der Waals surface area contributed by atoms with Crippen LogP contribution in [0.3, 0.4) is 0 Å². The molecular formula is C13H18N2O3. The SMILES string of the molecule is CC1=C[C@]2(C)O[C@@H]3C(=O)N(C)C(=O)[C@@H]3[C@@H]2N(C)C1. The van der Waals surface area contributed by atoms with Crippen molar-refractivity contribution in [1.82, 2.24) is 9.80 Å². The topological polar surface area (TPSA) is 49.9 Å². The van der Waals surface area contributed by atoms with Crippen molar-refractivity contribution in [3.63, 3.8) is 0 Å². The normalized spacial score (nSPS) is 44.1. The van der Waals surface area contributed by atoms with E-state index < -0.39 is 11.7 Å². The lowest BCUT2D eigenvalue weighted by Crippen LogP contribution is -2.54. The number of carbonyl (C=O) groups excluding carboxylic acids is 2. The number of hydrogen-bond acceptors (Lipinski definition) is 4. The summed E-state index contributed by atoms with van der Waals surface area (Å²) < 4.78 is 5.94. The molecule has 4 atom stereocenters. The van der Waals surface area contributed by atoms with Gasteiger partial charge in [-0.15, -0.1) is 0 Å². The summed E-state index contributed by atoms with van der Waals surface area (Å²) in [6, 6.07) is -0.0485. The predicted molar refractivity (Wildman–Crippen MR) is 64.7 cm³/mol. The van der Waals surface area contributed by atoms with E-state index in [1.807, 2.05) is 20.9 Å². The Bertz CT molecular complexity index is 473. The van der Waals surface area contributed by atoms with Crippen LogP contribution in [0.1, 0.15) is 13.8 Å². The van der Waals surface area contributed by atoms with E-state index in [9.17, 15) is 9.59 Å². The van der Waals surface area contributed by atoms with E-state index in [-0.39, 0.29) is 23.8 Å². The highest BCUT2D eigenvalue weighted by molar-refractivity contribution is 6.07. The molecule has 2 amide bonds.